The zero-order valence-corrected chi connectivity index (χ0v) is 33.6. The molecule has 0 spiro atoms. The Kier molecular flexibility index (Phi) is 7.57. The van der Waals surface area contributed by atoms with Crippen LogP contribution in [0.15, 0.2) is 229 Å². The highest BCUT2D eigenvalue weighted by Gasteiger charge is 2.20. The highest BCUT2D eigenvalue weighted by Crippen LogP contribution is 2.43. The monoisotopic (exact) mass is 791 g/mol. The van der Waals surface area contributed by atoms with Crippen LogP contribution in [0.4, 0.5) is 17.1 Å². The van der Waals surface area contributed by atoms with Gasteiger partial charge in [0.1, 0.15) is 11.2 Å². The molecule has 0 saturated carbocycles. The van der Waals surface area contributed by atoms with E-state index in [0.29, 0.717) is 0 Å². The van der Waals surface area contributed by atoms with Crippen molar-refractivity contribution >= 4 is 93.4 Å². The molecule has 0 N–H and O–H groups in total. The highest BCUT2D eigenvalue weighted by atomic mass is 16.3. The van der Waals surface area contributed by atoms with E-state index in [1.807, 2.05) is 12.1 Å². The van der Waals surface area contributed by atoms with Gasteiger partial charge in [0, 0.05) is 60.8 Å². The molecule has 62 heavy (non-hydrogen) atoms. The number of nitrogens with zero attached hydrogens (tertiary/aromatic N) is 3. The number of fused-ring (bicyclic) bond motifs is 10. The molecule has 0 aliphatic carbocycles. The van der Waals surface area contributed by atoms with Crippen LogP contribution in [-0.4, -0.2) is 9.13 Å². The van der Waals surface area contributed by atoms with E-state index >= 15 is 0 Å². The van der Waals surface area contributed by atoms with Crippen LogP contribution in [0.5, 0.6) is 0 Å². The summed E-state index contributed by atoms with van der Waals surface area (Å²) in [6.07, 6.45) is 0. The third kappa shape index (κ3) is 5.33. The number of benzene rings is 10. The van der Waals surface area contributed by atoms with Gasteiger partial charge < -0.3 is 18.5 Å². The molecule has 0 aliphatic heterocycles. The maximum Gasteiger partial charge on any atom is 0.135 e. The number of anilines is 3. The predicted octanol–water partition coefficient (Wildman–Crippen LogP) is 16.1. The Morgan fingerprint density at radius 2 is 0.774 bits per heavy atom. The van der Waals surface area contributed by atoms with Gasteiger partial charge >= 0.3 is 0 Å². The zero-order valence-electron chi connectivity index (χ0n) is 33.6. The lowest BCUT2D eigenvalue weighted by Crippen LogP contribution is -2.09. The maximum absolute atomic E-state index is 6.28. The summed E-state index contributed by atoms with van der Waals surface area (Å²) in [5, 5.41) is 9.66. The van der Waals surface area contributed by atoms with Crippen molar-refractivity contribution in [2.75, 3.05) is 4.90 Å². The van der Waals surface area contributed by atoms with E-state index in [2.05, 4.69) is 226 Å². The summed E-state index contributed by atoms with van der Waals surface area (Å²) in [4.78, 5) is 2.37. The van der Waals surface area contributed by atoms with Crippen LogP contribution >= 0.6 is 0 Å². The van der Waals surface area contributed by atoms with Crippen molar-refractivity contribution in [2.24, 2.45) is 0 Å². The first-order valence-electron chi connectivity index (χ1n) is 21.2. The van der Waals surface area contributed by atoms with E-state index in [-0.39, 0.29) is 0 Å². The summed E-state index contributed by atoms with van der Waals surface area (Å²) < 4.78 is 11.0. The topological polar surface area (TPSA) is 26.2 Å². The minimum Gasteiger partial charge on any atom is -0.456 e. The Labute approximate surface area is 357 Å². The molecule has 0 fully saturated rings. The molecule has 0 unspecified atom stereocenters. The van der Waals surface area contributed by atoms with Crippen LogP contribution in [0.25, 0.3) is 98.8 Å². The molecule has 13 aromatic rings. The molecule has 0 amide bonds. The molecule has 0 aliphatic rings. The van der Waals surface area contributed by atoms with E-state index in [1.54, 1.807) is 0 Å². The first-order valence-corrected chi connectivity index (χ1v) is 21.2. The summed E-state index contributed by atoms with van der Waals surface area (Å²) in [5.74, 6) is 0. The van der Waals surface area contributed by atoms with E-state index in [1.165, 1.54) is 59.9 Å². The lowest BCUT2D eigenvalue weighted by atomic mass is 10.0. The van der Waals surface area contributed by atoms with Crippen molar-refractivity contribution < 1.29 is 4.42 Å². The lowest BCUT2D eigenvalue weighted by molar-refractivity contribution is 0.669. The Morgan fingerprint density at radius 1 is 0.290 bits per heavy atom. The number of aromatic nitrogens is 2. The van der Waals surface area contributed by atoms with Crippen LogP contribution in [-0.2, 0) is 0 Å². The standard InChI is InChI=1S/C58H37N3O/c1-2-14-42(15-3-1)60-53-19-9-7-17-48(53)51-36-45(30-32-55(51)60)59(46-31-33-58-52(37-46)49-18-8-11-21-57(49)62-58)43-26-22-38(23-27-43)39-24-28-44(29-25-39)61-54-20-10-6-16-47(54)50-34-40-12-4-5-13-41(40)35-56(50)61/h1-37H. The zero-order chi connectivity index (χ0) is 40.7. The minimum atomic E-state index is 0.879. The lowest BCUT2D eigenvalue weighted by Gasteiger charge is -2.26. The molecular weight excluding hydrogens is 755 g/mol. The van der Waals surface area contributed by atoms with Gasteiger partial charge in [-0.15, -0.1) is 0 Å². The molecule has 4 heteroatoms. The summed E-state index contributed by atoms with van der Waals surface area (Å²) in [7, 11) is 0. The fourth-order valence-corrected chi connectivity index (χ4v) is 9.79. The second-order valence-corrected chi connectivity index (χ2v) is 16.2. The van der Waals surface area contributed by atoms with Gasteiger partial charge in [-0.1, -0.05) is 121 Å². The summed E-state index contributed by atoms with van der Waals surface area (Å²) in [6.45, 7) is 0. The molecule has 13 rings (SSSR count). The molecule has 0 atom stereocenters. The van der Waals surface area contributed by atoms with Crippen molar-refractivity contribution in [3.8, 4) is 22.5 Å². The smallest absolute Gasteiger partial charge is 0.135 e. The predicted molar refractivity (Wildman–Crippen MR) is 260 cm³/mol. The van der Waals surface area contributed by atoms with E-state index < -0.39 is 0 Å². The quantitative estimate of drug-likeness (QED) is 0.168. The third-order valence-electron chi connectivity index (χ3n) is 12.7. The second kappa shape index (κ2) is 13.6. The van der Waals surface area contributed by atoms with E-state index in [4.69, 9.17) is 4.42 Å². The van der Waals surface area contributed by atoms with Crippen LogP contribution in [0, 0.1) is 0 Å². The van der Waals surface area contributed by atoms with Crippen molar-refractivity contribution in [1.82, 2.24) is 9.13 Å². The summed E-state index contributed by atoms with van der Waals surface area (Å²) >= 11 is 0. The second-order valence-electron chi connectivity index (χ2n) is 16.2. The van der Waals surface area contributed by atoms with Crippen molar-refractivity contribution in [3.05, 3.63) is 224 Å². The van der Waals surface area contributed by atoms with Gasteiger partial charge in [0.05, 0.1) is 22.1 Å². The molecule has 0 bridgehead atoms. The first-order chi connectivity index (χ1) is 30.7. The summed E-state index contributed by atoms with van der Waals surface area (Å²) in [6, 6.07) is 81.0. The largest absolute Gasteiger partial charge is 0.456 e. The fraction of sp³-hybridized carbons (Fsp3) is 0. The third-order valence-corrected chi connectivity index (χ3v) is 12.7. The number of hydrogen-bond acceptors (Lipinski definition) is 2. The molecule has 3 heterocycles. The number of hydrogen-bond donors (Lipinski definition) is 0. The first kappa shape index (κ1) is 34.5. The number of rotatable bonds is 6. The number of para-hydroxylation sites is 4. The van der Waals surface area contributed by atoms with Crippen LogP contribution in [0.2, 0.25) is 0 Å². The molecule has 10 aromatic carbocycles. The fourth-order valence-electron chi connectivity index (χ4n) is 9.79. The van der Waals surface area contributed by atoms with Crippen molar-refractivity contribution in [2.45, 2.75) is 0 Å². The Bertz CT molecular complexity index is 3850. The van der Waals surface area contributed by atoms with Gasteiger partial charge in [-0.25, -0.2) is 0 Å². The highest BCUT2D eigenvalue weighted by molar-refractivity contribution is 6.14. The Hall–Kier alpha value is -8.34. The van der Waals surface area contributed by atoms with Gasteiger partial charge in [0.15, 0.2) is 0 Å². The average Bonchev–Trinajstić information content (AvgIpc) is 3.99. The van der Waals surface area contributed by atoms with Crippen LogP contribution in [0.1, 0.15) is 0 Å². The van der Waals surface area contributed by atoms with Gasteiger partial charge in [-0.3, -0.25) is 0 Å². The van der Waals surface area contributed by atoms with Crippen LogP contribution in [0.3, 0.4) is 0 Å². The van der Waals surface area contributed by atoms with Gasteiger partial charge in [0.2, 0.25) is 0 Å². The van der Waals surface area contributed by atoms with Crippen molar-refractivity contribution in [1.29, 1.82) is 0 Å². The normalized spacial score (nSPS) is 11.9. The van der Waals surface area contributed by atoms with Crippen LogP contribution < -0.4 is 4.90 Å². The SMILES string of the molecule is c1ccc(-n2c3ccccc3c3cc(N(c4ccc(-c5ccc(-n6c7ccccc7c7cc8ccccc8cc76)cc5)cc4)c4ccc5oc6ccccc6c5c4)ccc32)cc1. The molecule has 0 saturated heterocycles. The number of furan rings is 1. The Morgan fingerprint density at radius 3 is 1.50 bits per heavy atom. The van der Waals surface area contributed by atoms with E-state index in [9.17, 15) is 0 Å². The Balaban J connectivity index is 0.925. The average molecular weight is 792 g/mol. The minimum absolute atomic E-state index is 0.879. The van der Waals surface area contributed by atoms with Gasteiger partial charge in [-0.2, -0.15) is 0 Å². The van der Waals surface area contributed by atoms with Gasteiger partial charge in [-0.05, 0) is 125 Å². The molecule has 0 radical (unpaired) electrons. The molecular formula is C58H37N3O. The molecule has 3 aromatic heterocycles. The summed E-state index contributed by atoms with van der Waals surface area (Å²) in [5.41, 5.74) is 14.4. The van der Waals surface area contributed by atoms with E-state index in [0.717, 1.165) is 55.9 Å². The maximum atomic E-state index is 6.28. The van der Waals surface area contributed by atoms with Gasteiger partial charge in [0.25, 0.3) is 0 Å². The van der Waals surface area contributed by atoms with Crippen molar-refractivity contribution in [3.63, 3.8) is 0 Å². The molecule has 4 nitrogen and oxygen atoms in total. The molecule has 290 valence electrons.